The molecule has 0 saturated heterocycles. The topological polar surface area (TPSA) is 37.7 Å². The van der Waals surface area contributed by atoms with Crippen LogP contribution in [0.25, 0.3) is 116 Å². The number of rotatable bonds is 7. The fourth-order valence-electron chi connectivity index (χ4n) is 15.2. The molecule has 0 fully saturated rings. The third kappa shape index (κ3) is 8.26. The van der Waals surface area contributed by atoms with Crippen LogP contribution >= 0.6 is 0 Å². The van der Waals surface area contributed by atoms with Crippen LogP contribution in [0.4, 0.5) is 34.1 Å². The molecule has 6 heteroatoms. The van der Waals surface area contributed by atoms with Gasteiger partial charge in [0.1, 0.15) is 22.3 Å². The van der Waals surface area contributed by atoms with Crippen LogP contribution in [0.1, 0.15) is 52.7 Å². The molecular weight excluding hydrogens is 1120 g/mol. The molecule has 0 aliphatic carbocycles. The maximum Gasteiger partial charge on any atom is 0.252 e. The van der Waals surface area contributed by atoms with Crippen molar-refractivity contribution in [3.63, 3.8) is 0 Å². The fourth-order valence-corrected chi connectivity index (χ4v) is 15.2. The highest BCUT2D eigenvalue weighted by molar-refractivity contribution is 7.00. The van der Waals surface area contributed by atoms with Crippen LogP contribution in [0.2, 0.25) is 0 Å². The lowest BCUT2D eigenvalue weighted by Gasteiger charge is -2.46. The standard InChI is InChI=1S/C86H64BN3O2/c1-85(2,3)57-41-43-64-65-44-42-58(86(4,5)6)46-73(65)88(72(64)45-57)59-47-76-82-77(48-59)90(84-62(55-29-15-9-16-30-55)37-24-38-63(84)56-31-17-10-18-32-56)75-52-81-69(67-34-20-22-40-79(67)92-81)50-71(75)87(82)70-49-68-66-33-19-21-39-78(66)91-80(68)51-74(70)89(76)83-60(53-25-11-7-12-26-53)35-23-36-61(83)54-27-13-8-14-28-54/h7-52H,1-6H3. The summed E-state index contributed by atoms with van der Waals surface area (Å²) in [5, 5.41) is 6.75. The first kappa shape index (κ1) is 53.9. The van der Waals surface area contributed by atoms with Crippen molar-refractivity contribution in [1.82, 2.24) is 4.57 Å². The summed E-state index contributed by atoms with van der Waals surface area (Å²) in [5.41, 5.74) is 27.9. The number of benzene rings is 13. The maximum atomic E-state index is 7.08. The molecule has 0 atom stereocenters. The van der Waals surface area contributed by atoms with Crippen LogP contribution in [0.3, 0.4) is 0 Å². The zero-order valence-corrected chi connectivity index (χ0v) is 52.3. The molecule has 0 unspecified atom stereocenters. The number of para-hydroxylation sites is 4. The minimum atomic E-state index is -0.297. The van der Waals surface area contributed by atoms with Gasteiger partial charge in [0.15, 0.2) is 0 Å². The zero-order valence-electron chi connectivity index (χ0n) is 52.3. The van der Waals surface area contributed by atoms with Gasteiger partial charge in [0.2, 0.25) is 0 Å². The van der Waals surface area contributed by atoms with Gasteiger partial charge in [0, 0.05) is 89.5 Å². The highest BCUT2D eigenvalue weighted by Gasteiger charge is 2.46. The zero-order chi connectivity index (χ0) is 61.7. The van der Waals surface area contributed by atoms with E-state index in [9.17, 15) is 0 Å². The second kappa shape index (κ2) is 20.2. The Hall–Kier alpha value is -11.1. The van der Waals surface area contributed by atoms with Gasteiger partial charge in [-0.05, 0) is 97.0 Å². The molecule has 2 aliphatic heterocycles. The summed E-state index contributed by atoms with van der Waals surface area (Å²) in [6.07, 6.45) is 0. The lowest BCUT2D eigenvalue weighted by Crippen LogP contribution is -2.61. The number of hydrogen-bond donors (Lipinski definition) is 0. The van der Waals surface area contributed by atoms with Crippen molar-refractivity contribution in [1.29, 1.82) is 0 Å². The Labute approximate surface area is 535 Å². The molecule has 0 amide bonds. The van der Waals surface area contributed by atoms with Crippen molar-refractivity contribution < 1.29 is 8.83 Å². The maximum absolute atomic E-state index is 7.08. The number of anilines is 6. The van der Waals surface area contributed by atoms with Gasteiger partial charge in [-0.1, -0.05) is 272 Å². The Bertz CT molecular complexity index is 5210. The average Bonchev–Trinajstić information content (AvgIpc) is 0.934. The monoisotopic (exact) mass is 1180 g/mol. The molecule has 13 aromatic carbocycles. The summed E-state index contributed by atoms with van der Waals surface area (Å²) in [4.78, 5) is 5.27. The molecule has 0 bridgehead atoms. The molecule has 0 saturated carbocycles. The average molecular weight is 1180 g/mol. The Kier molecular flexibility index (Phi) is 11.8. The fraction of sp³-hybridized carbons (Fsp3) is 0.0930. The summed E-state index contributed by atoms with van der Waals surface area (Å²) in [6.45, 7) is 13.7. The van der Waals surface area contributed by atoms with Crippen molar-refractivity contribution in [3.05, 3.63) is 290 Å². The van der Waals surface area contributed by atoms with Crippen molar-refractivity contribution >= 4 is 123 Å². The summed E-state index contributed by atoms with van der Waals surface area (Å²) in [6, 6.07) is 104. The first-order valence-corrected chi connectivity index (χ1v) is 32.2. The Morgan fingerprint density at radius 3 is 1.02 bits per heavy atom. The second-order valence-electron chi connectivity index (χ2n) is 27.2. The van der Waals surface area contributed by atoms with Crippen LogP contribution in [0.15, 0.2) is 288 Å². The van der Waals surface area contributed by atoms with Gasteiger partial charge < -0.3 is 23.2 Å². The van der Waals surface area contributed by atoms with E-state index in [2.05, 4.69) is 335 Å². The molecule has 0 spiro atoms. The molecule has 3 aromatic heterocycles. The van der Waals surface area contributed by atoms with Crippen LogP contribution in [0.5, 0.6) is 0 Å². The molecule has 0 radical (unpaired) electrons. The lowest BCUT2D eigenvalue weighted by atomic mass is 9.33. The van der Waals surface area contributed by atoms with E-state index in [1.54, 1.807) is 0 Å². The van der Waals surface area contributed by atoms with E-state index in [0.717, 1.165) is 139 Å². The number of nitrogens with zero attached hydrogens (tertiary/aromatic N) is 3. The number of fused-ring (bicyclic) bond motifs is 13. The first-order chi connectivity index (χ1) is 44.9. The number of furan rings is 2. The predicted molar refractivity (Wildman–Crippen MR) is 389 cm³/mol. The smallest absolute Gasteiger partial charge is 0.252 e. The van der Waals surface area contributed by atoms with Crippen molar-refractivity contribution in [3.8, 4) is 50.2 Å². The second-order valence-corrected chi connectivity index (χ2v) is 27.2. The minimum absolute atomic E-state index is 0.129. The third-order valence-electron chi connectivity index (χ3n) is 19.7. The summed E-state index contributed by atoms with van der Waals surface area (Å²) < 4.78 is 16.8. The number of aromatic nitrogens is 1. The highest BCUT2D eigenvalue weighted by Crippen LogP contribution is 2.55. The molecule has 5 nitrogen and oxygen atoms in total. The van der Waals surface area contributed by atoms with Crippen LogP contribution in [-0.2, 0) is 10.8 Å². The van der Waals surface area contributed by atoms with Crippen molar-refractivity contribution in [2.45, 2.75) is 52.4 Å². The summed E-state index contributed by atoms with van der Waals surface area (Å²) in [5.74, 6) is 0. The van der Waals surface area contributed by atoms with E-state index >= 15 is 0 Å². The van der Waals surface area contributed by atoms with Gasteiger partial charge in [-0.2, -0.15) is 0 Å². The highest BCUT2D eigenvalue weighted by atomic mass is 16.3. The van der Waals surface area contributed by atoms with Gasteiger partial charge in [0.05, 0.1) is 28.1 Å². The van der Waals surface area contributed by atoms with E-state index in [-0.39, 0.29) is 17.5 Å². The van der Waals surface area contributed by atoms with Crippen LogP contribution in [-0.4, -0.2) is 11.3 Å². The Balaban J connectivity index is 1.08. The van der Waals surface area contributed by atoms with Crippen LogP contribution in [0, 0.1) is 0 Å². The van der Waals surface area contributed by atoms with E-state index < -0.39 is 0 Å². The molecule has 2 aliphatic rings. The van der Waals surface area contributed by atoms with Gasteiger partial charge in [0.25, 0.3) is 6.71 Å². The van der Waals surface area contributed by atoms with E-state index in [0.29, 0.717) is 0 Å². The van der Waals surface area contributed by atoms with Crippen molar-refractivity contribution in [2.24, 2.45) is 0 Å². The Morgan fingerprint density at radius 2 is 0.652 bits per heavy atom. The van der Waals surface area contributed by atoms with Gasteiger partial charge >= 0.3 is 0 Å². The summed E-state index contributed by atoms with van der Waals surface area (Å²) >= 11 is 0. The lowest BCUT2D eigenvalue weighted by molar-refractivity contribution is 0.591. The molecule has 16 aromatic rings. The first-order valence-electron chi connectivity index (χ1n) is 32.2. The molecule has 5 heterocycles. The van der Waals surface area contributed by atoms with Crippen molar-refractivity contribution in [2.75, 3.05) is 9.80 Å². The minimum Gasteiger partial charge on any atom is -0.456 e. The molecule has 18 rings (SSSR count). The normalized spacial score (nSPS) is 13.0. The van der Waals surface area contributed by atoms with Gasteiger partial charge in [-0.25, -0.2) is 0 Å². The molecule has 92 heavy (non-hydrogen) atoms. The Morgan fingerprint density at radius 1 is 0.293 bits per heavy atom. The molecular formula is C86H64BN3O2. The SMILES string of the molecule is CC(C)(C)c1ccc2c3ccc(C(C)(C)C)cc3n(-c3cc4c5c(c3)N(c3c(-c6ccccc6)cccc3-c3ccccc3)c3cc6oc7ccccc7c6cc3B5c3cc5c(cc3N4c3c(-c4ccccc4)cccc3-c3ccccc3)oc3ccccc35)c2c1. The quantitative estimate of drug-likeness (QED) is 0.149. The van der Waals surface area contributed by atoms with E-state index in [1.165, 1.54) is 38.3 Å². The predicted octanol–water partition coefficient (Wildman–Crippen LogP) is 21.9. The molecule has 0 N–H and O–H groups in total. The van der Waals surface area contributed by atoms with E-state index in [1.807, 2.05) is 0 Å². The van der Waals surface area contributed by atoms with E-state index in [4.69, 9.17) is 8.83 Å². The van der Waals surface area contributed by atoms with Gasteiger partial charge in [-0.3, -0.25) is 0 Å². The van der Waals surface area contributed by atoms with Crippen LogP contribution < -0.4 is 26.2 Å². The molecule has 438 valence electrons. The third-order valence-corrected chi connectivity index (χ3v) is 19.7. The summed E-state index contributed by atoms with van der Waals surface area (Å²) in [7, 11) is 0. The number of hydrogen-bond acceptors (Lipinski definition) is 4. The largest absolute Gasteiger partial charge is 0.456 e. The van der Waals surface area contributed by atoms with Gasteiger partial charge in [-0.15, -0.1) is 0 Å².